The van der Waals surface area contributed by atoms with Gasteiger partial charge in [-0.3, -0.25) is 19.8 Å². The summed E-state index contributed by atoms with van der Waals surface area (Å²) in [4.78, 5) is 37.3. The van der Waals surface area contributed by atoms with Crippen LogP contribution in [0, 0.1) is 17.0 Å². The van der Waals surface area contributed by atoms with Crippen LogP contribution in [0.4, 0.5) is 11.4 Å². The lowest BCUT2D eigenvalue weighted by Crippen LogP contribution is -2.37. The van der Waals surface area contributed by atoms with E-state index in [1.165, 1.54) is 17.0 Å². The van der Waals surface area contributed by atoms with Crippen molar-refractivity contribution in [2.75, 3.05) is 11.5 Å². The van der Waals surface area contributed by atoms with Crippen molar-refractivity contribution < 1.29 is 19.2 Å². The molecular formula is C20H15ClN2O5. The molecule has 28 heavy (non-hydrogen) atoms. The first-order chi connectivity index (χ1) is 13.4. The Morgan fingerprint density at radius 1 is 1.18 bits per heavy atom. The average Bonchev–Trinajstić information content (AvgIpc) is 3.05. The number of ether oxygens (including phenoxy) is 1. The number of aryl methyl sites for hydroxylation is 1. The van der Waals surface area contributed by atoms with Crippen molar-refractivity contribution in [2.24, 2.45) is 0 Å². The third-order valence-electron chi connectivity index (χ3n) is 5.04. The Labute approximate surface area is 165 Å². The first kappa shape index (κ1) is 18.2. The monoisotopic (exact) mass is 398 g/mol. The molecule has 0 spiro atoms. The van der Waals surface area contributed by atoms with E-state index in [2.05, 4.69) is 0 Å². The molecule has 0 radical (unpaired) electrons. The fourth-order valence-electron chi connectivity index (χ4n) is 3.59. The Balaban J connectivity index is 1.79. The highest BCUT2D eigenvalue weighted by molar-refractivity contribution is 6.31. The van der Waals surface area contributed by atoms with Crippen molar-refractivity contribution in [3.05, 3.63) is 80.0 Å². The van der Waals surface area contributed by atoms with Gasteiger partial charge in [0.05, 0.1) is 21.9 Å². The second-order valence-corrected chi connectivity index (χ2v) is 7.11. The summed E-state index contributed by atoms with van der Waals surface area (Å²) in [6.07, 6.45) is 0.0528. The number of hydrogen-bond acceptors (Lipinski definition) is 5. The maximum absolute atomic E-state index is 13.0. The van der Waals surface area contributed by atoms with E-state index >= 15 is 0 Å². The molecule has 0 saturated heterocycles. The van der Waals surface area contributed by atoms with Crippen LogP contribution in [0.15, 0.2) is 53.7 Å². The topological polar surface area (TPSA) is 89.8 Å². The Bertz CT molecular complexity index is 1050. The summed E-state index contributed by atoms with van der Waals surface area (Å²) in [5, 5.41) is 11.4. The summed E-state index contributed by atoms with van der Waals surface area (Å²) < 4.78 is 5.22. The molecule has 2 aromatic rings. The largest absolute Gasteiger partial charge is 0.456 e. The maximum atomic E-state index is 13.0. The van der Waals surface area contributed by atoms with Gasteiger partial charge in [0.2, 0.25) is 5.91 Å². The van der Waals surface area contributed by atoms with E-state index in [1.807, 2.05) is 13.0 Å². The highest BCUT2D eigenvalue weighted by Gasteiger charge is 2.43. The minimum absolute atomic E-state index is 0.00508. The molecular weight excluding hydrogens is 384 g/mol. The number of nitro benzene ring substituents is 1. The van der Waals surface area contributed by atoms with E-state index in [9.17, 15) is 19.7 Å². The van der Waals surface area contributed by atoms with Crippen molar-refractivity contribution in [3.63, 3.8) is 0 Å². The zero-order valence-electron chi connectivity index (χ0n) is 14.8. The maximum Gasteiger partial charge on any atom is 0.336 e. The van der Waals surface area contributed by atoms with Crippen LogP contribution in [0.1, 0.15) is 23.5 Å². The standard InChI is InChI=1S/C20H15ClN2O5/c1-11-2-5-14(8-16(11)21)22-17-10-28-20(25)19(17)15(9-18(22)24)12-3-6-13(7-4-12)23(26)27/h2-8,15H,9-10H2,1H3. The van der Waals surface area contributed by atoms with Crippen LogP contribution in [0.25, 0.3) is 0 Å². The molecule has 0 saturated carbocycles. The third kappa shape index (κ3) is 2.93. The molecule has 2 heterocycles. The lowest BCUT2D eigenvalue weighted by atomic mass is 9.84. The molecule has 2 aliphatic rings. The predicted molar refractivity (Wildman–Crippen MR) is 102 cm³/mol. The van der Waals surface area contributed by atoms with E-state index in [0.29, 0.717) is 27.5 Å². The Morgan fingerprint density at radius 2 is 1.89 bits per heavy atom. The summed E-state index contributed by atoms with van der Waals surface area (Å²) in [5.74, 6) is -1.18. The van der Waals surface area contributed by atoms with Crippen molar-refractivity contribution in [1.82, 2.24) is 0 Å². The van der Waals surface area contributed by atoms with E-state index in [1.54, 1.807) is 24.3 Å². The number of carbonyl (C=O) groups is 2. The first-order valence-electron chi connectivity index (χ1n) is 8.60. The normalized spacial score (nSPS) is 18.9. The molecule has 2 aliphatic heterocycles. The molecule has 0 N–H and O–H groups in total. The Hall–Kier alpha value is -3.19. The van der Waals surface area contributed by atoms with E-state index in [-0.39, 0.29) is 24.6 Å². The van der Waals surface area contributed by atoms with Crippen LogP contribution in [0.3, 0.4) is 0 Å². The summed E-state index contributed by atoms with van der Waals surface area (Å²) in [7, 11) is 0. The molecule has 8 heteroatoms. The van der Waals surface area contributed by atoms with Crippen LogP contribution < -0.4 is 4.90 Å². The summed E-state index contributed by atoms with van der Waals surface area (Å²) in [6.45, 7) is 1.86. The zero-order valence-corrected chi connectivity index (χ0v) is 15.6. The number of esters is 1. The lowest BCUT2D eigenvalue weighted by Gasteiger charge is -2.32. The third-order valence-corrected chi connectivity index (χ3v) is 5.44. The van der Waals surface area contributed by atoms with Crippen LogP contribution >= 0.6 is 11.6 Å². The number of nitro groups is 1. The van der Waals surface area contributed by atoms with Gasteiger partial charge in [-0.05, 0) is 30.2 Å². The highest BCUT2D eigenvalue weighted by atomic mass is 35.5. The summed E-state index contributed by atoms with van der Waals surface area (Å²) in [5.41, 5.74) is 2.96. The number of benzene rings is 2. The molecule has 7 nitrogen and oxygen atoms in total. The molecule has 2 aromatic carbocycles. The Kier molecular flexibility index (Phi) is 4.39. The van der Waals surface area contributed by atoms with Crippen LogP contribution in [0.5, 0.6) is 0 Å². The summed E-state index contributed by atoms with van der Waals surface area (Å²) in [6, 6.07) is 11.2. The SMILES string of the molecule is Cc1ccc(N2C(=O)CC(c3ccc([N+](=O)[O-])cc3)C3=C2COC3=O)cc1Cl. The fourth-order valence-corrected chi connectivity index (χ4v) is 3.76. The minimum Gasteiger partial charge on any atom is -0.456 e. The number of rotatable bonds is 3. The van der Waals surface area contributed by atoms with Gasteiger partial charge in [-0.15, -0.1) is 0 Å². The van der Waals surface area contributed by atoms with Gasteiger partial charge in [-0.1, -0.05) is 29.8 Å². The van der Waals surface area contributed by atoms with Gasteiger partial charge in [0.1, 0.15) is 6.61 Å². The van der Waals surface area contributed by atoms with Gasteiger partial charge in [-0.2, -0.15) is 0 Å². The van der Waals surface area contributed by atoms with Crippen molar-refractivity contribution in [1.29, 1.82) is 0 Å². The van der Waals surface area contributed by atoms with Gasteiger partial charge in [-0.25, -0.2) is 4.79 Å². The van der Waals surface area contributed by atoms with Gasteiger partial charge < -0.3 is 4.74 Å². The van der Waals surface area contributed by atoms with Gasteiger partial charge >= 0.3 is 5.97 Å². The molecule has 0 aliphatic carbocycles. The minimum atomic E-state index is -0.504. The molecule has 4 rings (SSSR count). The second-order valence-electron chi connectivity index (χ2n) is 6.70. The molecule has 1 atom stereocenters. The molecule has 0 bridgehead atoms. The van der Waals surface area contributed by atoms with Gasteiger partial charge in [0, 0.05) is 29.5 Å². The molecule has 1 unspecified atom stereocenters. The zero-order chi connectivity index (χ0) is 20.0. The summed E-state index contributed by atoms with van der Waals surface area (Å²) >= 11 is 6.21. The lowest BCUT2D eigenvalue weighted by molar-refractivity contribution is -0.384. The number of carbonyl (C=O) groups excluding carboxylic acids is 2. The van der Waals surface area contributed by atoms with E-state index in [4.69, 9.17) is 16.3 Å². The predicted octanol–water partition coefficient (Wildman–Crippen LogP) is 3.89. The molecule has 0 aromatic heterocycles. The van der Waals surface area contributed by atoms with Crippen molar-refractivity contribution in [3.8, 4) is 0 Å². The number of amides is 1. The Morgan fingerprint density at radius 3 is 2.54 bits per heavy atom. The quantitative estimate of drug-likeness (QED) is 0.444. The number of anilines is 1. The van der Waals surface area contributed by atoms with Crippen LogP contribution in [-0.4, -0.2) is 23.4 Å². The highest BCUT2D eigenvalue weighted by Crippen LogP contribution is 2.42. The number of halogens is 1. The average molecular weight is 399 g/mol. The number of cyclic esters (lactones) is 1. The smallest absolute Gasteiger partial charge is 0.336 e. The molecule has 0 fully saturated rings. The van der Waals surface area contributed by atoms with Gasteiger partial charge in [0.25, 0.3) is 5.69 Å². The van der Waals surface area contributed by atoms with Crippen molar-refractivity contribution in [2.45, 2.75) is 19.3 Å². The fraction of sp³-hybridized carbons (Fsp3) is 0.200. The van der Waals surface area contributed by atoms with E-state index in [0.717, 1.165) is 5.56 Å². The van der Waals surface area contributed by atoms with Gasteiger partial charge in [0.15, 0.2) is 0 Å². The van der Waals surface area contributed by atoms with Crippen LogP contribution in [0.2, 0.25) is 5.02 Å². The molecule has 142 valence electrons. The number of non-ortho nitro benzene ring substituents is 1. The molecule has 1 amide bonds. The second kappa shape index (κ2) is 6.76. The van der Waals surface area contributed by atoms with E-state index < -0.39 is 16.8 Å². The van der Waals surface area contributed by atoms with Crippen molar-refractivity contribution >= 4 is 34.9 Å². The number of hydrogen-bond donors (Lipinski definition) is 0. The number of nitrogens with zero attached hydrogens (tertiary/aromatic N) is 2. The first-order valence-corrected chi connectivity index (χ1v) is 8.98. The van der Waals surface area contributed by atoms with Crippen LogP contribution in [-0.2, 0) is 14.3 Å².